The van der Waals surface area contributed by atoms with Crippen LogP contribution in [0.15, 0.2) is 58.5 Å². The van der Waals surface area contributed by atoms with Gasteiger partial charge in [0.15, 0.2) is 0 Å². The Morgan fingerprint density at radius 3 is 2.94 bits per heavy atom. The van der Waals surface area contributed by atoms with Crippen LogP contribution in [0.1, 0.15) is 5.69 Å². The van der Waals surface area contributed by atoms with Crippen LogP contribution in [-0.2, 0) is 5.75 Å². The minimum atomic E-state index is 0.918. The molecular formula is C14H12N2S2. The summed E-state index contributed by atoms with van der Waals surface area (Å²) in [5, 5.41) is 4.31. The molecule has 0 spiro atoms. The molecule has 3 rings (SSSR count). The number of rotatable bonds is 4. The number of thioether (sulfide) groups is 1. The molecule has 0 aliphatic carbocycles. The normalized spacial score (nSPS) is 10.7. The Balaban J connectivity index is 1.84. The van der Waals surface area contributed by atoms with Crippen LogP contribution in [0.4, 0.5) is 0 Å². The van der Waals surface area contributed by atoms with Gasteiger partial charge in [-0.05, 0) is 34.0 Å². The fraction of sp³-hybridized carbons (Fsp3) is 0.0714. The van der Waals surface area contributed by atoms with E-state index in [-0.39, 0.29) is 0 Å². The molecule has 0 bridgehead atoms. The van der Waals surface area contributed by atoms with E-state index in [2.05, 4.69) is 51.1 Å². The zero-order valence-electron chi connectivity index (χ0n) is 9.67. The second kappa shape index (κ2) is 5.42. The van der Waals surface area contributed by atoms with E-state index in [1.807, 2.05) is 18.0 Å². The third-order valence-corrected chi connectivity index (χ3v) is 4.46. The van der Waals surface area contributed by atoms with Crippen LogP contribution in [0.25, 0.3) is 11.1 Å². The predicted octanol–water partition coefficient (Wildman–Crippen LogP) is 4.43. The van der Waals surface area contributed by atoms with Crippen molar-refractivity contribution in [1.29, 1.82) is 0 Å². The maximum atomic E-state index is 4.04. The number of aromatic amines is 1. The molecule has 0 aliphatic rings. The summed E-state index contributed by atoms with van der Waals surface area (Å²) in [6.07, 6.45) is 3.60. The van der Waals surface area contributed by atoms with Crippen LogP contribution in [-0.4, -0.2) is 9.97 Å². The van der Waals surface area contributed by atoms with E-state index in [1.165, 1.54) is 16.0 Å². The quantitative estimate of drug-likeness (QED) is 0.712. The molecule has 0 atom stereocenters. The maximum absolute atomic E-state index is 4.04. The van der Waals surface area contributed by atoms with Crippen molar-refractivity contribution >= 4 is 23.1 Å². The summed E-state index contributed by atoms with van der Waals surface area (Å²) >= 11 is 3.57. The summed E-state index contributed by atoms with van der Waals surface area (Å²) in [4.78, 5) is 8.48. The molecule has 2 heterocycles. The fourth-order valence-corrected chi connectivity index (χ4v) is 3.41. The summed E-state index contributed by atoms with van der Waals surface area (Å²) in [5.74, 6) is 0.918. The topological polar surface area (TPSA) is 28.7 Å². The molecule has 1 aromatic carbocycles. The van der Waals surface area contributed by atoms with E-state index < -0.39 is 0 Å². The molecule has 18 heavy (non-hydrogen) atoms. The summed E-state index contributed by atoms with van der Waals surface area (Å²) in [5.41, 5.74) is 3.76. The summed E-state index contributed by atoms with van der Waals surface area (Å²) in [7, 11) is 0. The van der Waals surface area contributed by atoms with Crippen molar-refractivity contribution < 1.29 is 0 Å². The Morgan fingerprint density at radius 2 is 2.17 bits per heavy atom. The Labute approximate surface area is 114 Å². The minimum Gasteiger partial charge on any atom is -0.348 e. The van der Waals surface area contributed by atoms with Gasteiger partial charge in [0.2, 0.25) is 0 Å². The van der Waals surface area contributed by atoms with Gasteiger partial charge in [0.1, 0.15) is 0 Å². The molecule has 90 valence electrons. The Morgan fingerprint density at radius 1 is 1.22 bits per heavy atom. The first-order chi connectivity index (χ1) is 8.93. The number of aromatic nitrogens is 2. The van der Waals surface area contributed by atoms with Gasteiger partial charge in [-0.2, -0.15) is 11.3 Å². The third kappa shape index (κ3) is 2.49. The molecule has 1 N–H and O–H groups in total. The Hall–Kier alpha value is -1.52. The maximum Gasteiger partial charge on any atom is 0.0921 e. The minimum absolute atomic E-state index is 0.918. The van der Waals surface area contributed by atoms with Crippen molar-refractivity contribution in [3.05, 3.63) is 59.3 Å². The summed E-state index contributed by atoms with van der Waals surface area (Å²) in [6, 6.07) is 10.7. The van der Waals surface area contributed by atoms with Crippen molar-refractivity contribution in [2.45, 2.75) is 10.6 Å². The zero-order chi connectivity index (χ0) is 12.2. The first-order valence-corrected chi connectivity index (χ1v) is 7.58. The predicted molar refractivity (Wildman–Crippen MR) is 77.9 cm³/mol. The summed E-state index contributed by atoms with van der Waals surface area (Å²) in [6.45, 7) is 0. The molecule has 2 nitrogen and oxygen atoms in total. The number of hydrogen-bond acceptors (Lipinski definition) is 3. The fourth-order valence-electron chi connectivity index (χ4n) is 1.77. The van der Waals surface area contributed by atoms with Gasteiger partial charge < -0.3 is 4.98 Å². The SMILES string of the molecule is c1ccc(-c2ccsc2)c(SCc2cnc[nH]2)c1. The van der Waals surface area contributed by atoms with E-state index in [9.17, 15) is 0 Å². The van der Waals surface area contributed by atoms with Crippen molar-refractivity contribution in [3.8, 4) is 11.1 Å². The zero-order valence-corrected chi connectivity index (χ0v) is 11.3. The molecule has 0 saturated heterocycles. The van der Waals surface area contributed by atoms with Crippen LogP contribution < -0.4 is 0 Å². The highest BCUT2D eigenvalue weighted by atomic mass is 32.2. The van der Waals surface area contributed by atoms with Crippen LogP contribution >= 0.6 is 23.1 Å². The number of hydrogen-bond donors (Lipinski definition) is 1. The second-order valence-electron chi connectivity index (χ2n) is 3.87. The highest BCUT2D eigenvalue weighted by molar-refractivity contribution is 7.98. The lowest BCUT2D eigenvalue weighted by Crippen LogP contribution is -1.83. The third-order valence-electron chi connectivity index (χ3n) is 2.66. The van der Waals surface area contributed by atoms with E-state index in [4.69, 9.17) is 0 Å². The molecule has 0 saturated carbocycles. The lowest BCUT2D eigenvalue weighted by Gasteiger charge is -2.06. The number of H-pyrrole nitrogens is 1. The highest BCUT2D eigenvalue weighted by Gasteiger charge is 2.06. The molecular weight excluding hydrogens is 260 g/mol. The lowest BCUT2D eigenvalue weighted by molar-refractivity contribution is 1.22. The van der Waals surface area contributed by atoms with Gasteiger partial charge in [0, 0.05) is 22.5 Å². The van der Waals surface area contributed by atoms with Crippen molar-refractivity contribution in [2.75, 3.05) is 0 Å². The van der Waals surface area contributed by atoms with Gasteiger partial charge in [-0.25, -0.2) is 4.98 Å². The number of nitrogens with zero attached hydrogens (tertiary/aromatic N) is 1. The average Bonchev–Trinajstić information content (AvgIpc) is 3.10. The smallest absolute Gasteiger partial charge is 0.0921 e. The molecule has 3 aromatic rings. The molecule has 0 unspecified atom stereocenters. The standard InChI is InChI=1S/C14H12N2S2/c1-2-4-14(18-9-12-7-15-10-16-12)13(3-1)11-5-6-17-8-11/h1-8,10H,9H2,(H,15,16). The van der Waals surface area contributed by atoms with E-state index in [0.717, 1.165) is 11.4 Å². The monoisotopic (exact) mass is 272 g/mol. The second-order valence-corrected chi connectivity index (χ2v) is 5.67. The molecule has 0 radical (unpaired) electrons. The van der Waals surface area contributed by atoms with Crippen LogP contribution in [0, 0.1) is 0 Å². The molecule has 0 fully saturated rings. The van der Waals surface area contributed by atoms with Crippen molar-refractivity contribution in [3.63, 3.8) is 0 Å². The first-order valence-electron chi connectivity index (χ1n) is 5.65. The van der Waals surface area contributed by atoms with Crippen LogP contribution in [0.3, 0.4) is 0 Å². The van der Waals surface area contributed by atoms with Gasteiger partial charge in [0.05, 0.1) is 6.33 Å². The molecule has 4 heteroatoms. The van der Waals surface area contributed by atoms with Gasteiger partial charge >= 0.3 is 0 Å². The van der Waals surface area contributed by atoms with E-state index in [1.54, 1.807) is 17.7 Å². The van der Waals surface area contributed by atoms with Gasteiger partial charge in [-0.1, -0.05) is 18.2 Å². The number of nitrogens with one attached hydrogen (secondary N) is 1. The van der Waals surface area contributed by atoms with Gasteiger partial charge in [0.25, 0.3) is 0 Å². The number of thiophene rings is 1. The van der Waals surface area contributed by atoms with E-state index >= 15 is 0 Å². The Bertz CT molecular complexity index is 601. The number of benzene rings is 1. The van der Waals surface area contributed by atoms with E-state index in [0.29, 0.717) is 0 Å². The van der Waals surface area contributed by atoms with Crippen LogP contribution in [0.2, 0.25) is 0 Å². The lowest BCUT2D eigenvalue weighted by atomic mass is 10.1. The van der Waals surface area contributed by atoms with Crippen molar-refractivity contribution in [2.24, 2.45) is 0 Å². The highest BCUT2D eigenvalue weighted by Crippen LogP contribution is 2.33. The largest absolute Gasteiger partial charge is 0.348 e. The first kappa shape index (κ1) is 11.6. The Kier molecular flexibility index (Phi) is 3.48. The van der Waals surface area contributed by atoms with Gasteiger partial charge in [-0.3, -0.25) is 0 Å². The molecule has 0 aliphatic heterocycles. The van der Waals surface area contributed by atoms with Crippen LogP contribution in [0.5, 0.6) is 0 Å². The molecule has 2 aromatic heterocycles. The molecule has 0 amide bonds. The van der Waals surface area contributed by atoms with Gasteiger partial charge in [-0.15, -0.1) is 11.8 Å². The summed E-state index contributed by atoms with van der Waals surface area (Å²) < 4.78 is 0. The number of imidazole rings is 1. The van der Waals surface area contributed by atoms with Crippen molar-refractivity contribution in [1.82, 2.24) is 9.97 Å². The average molecular weight is 272 g/mol.